The van der Waals surface area contributed by atoms with E-state index >= 15 is 0 Å². The Kier molecular flexibility index (Phi) is 2.84. The second-order valence-corrected chi connectivity index (χ2v) is 5.39. The summed E-state index contributed by atoms with van der Waals surface area (Å²) in [7, 11) is 0. The number of carbonyl (C=O) groups is 1. The first-order valence-corrected chi connectivity index (χ1v) is 6.65. The molecule has 0 aliphatic carbocycles. The maximum atomic E-state index is 11.7. The van der Waals surface area contributed by atoms with Gasteiger partial charge in [0.05, 0.1) is 5.56 Å². The van der Waals surface area contributed by atoms with Gasteiger partial charge in [-0.05, 0) is 25.1 Å². The van der Waals surface area contributed by atoms with Gasteiger partial charge in [-0.25, -0.2) is 4.79 Å². The predicted molar refractivity (Wildman–Crippen MR) is 71.6 cm³/mol. The number of esters is 1. The molecule has 2 aromatic rings. The van der Waals surface area contributed by atoms with E-state index in [-0.39, 0.29) is 11.4 Å². The molecular weight excluding hydrogens is 244 g/mol. The van der Waals surface area contributed by atoms with Gasteiger partial charge in [-0.15, -0.1) is 0 Å². The molecule has 0 saturated heterocycles. The second kappa shape index (κ2) is 4.50. The van der Waals surface area contributed by atoms with Crippen molar-refractivity contribution in [2.24, 2.45) is 0 Å². The minimum Gasteiger partial charge on any atom is -0.442 e. The topological polar surface area (TPSA) is 26.3 Å². The molecule has 1 aliphatic heterocycles. The van der Waals surface area contributed by atoms with Gasteiger partial charge in [-0.2, -0.15) is 0 Å². The van der Waals surface area contributed by atoms with Crippen LogP contribution in [0.4, 0.5) is 0 Å². The number of fused-ring (bicyclic) bond motifs is 1. The van der Waals surface area contributed by atoms with Crippen LogP contribution in [-0.4, -0.2) is 5.97 Å². The van der Waals surface area contributed by atoms with Crippen molar-refractivity contribution in [2.45, 2.75) is 17.3 Å². The Morgan fingerprint density at radius 1 is 1.06 bits per heavy atom. The minimum atomic E-state index is -0.227. The van der Waals surface area contributed by atoms with Crippen LogP contribution >= 0.6 is 11.8 Å². The summed E-state index contributed by atoms with van der Waals surface area (Å²) in [6.07, 6.45) is 0. The number of cyclic esters (lactones) is 1. The van der Waals surface area contributed by atoms with Crippen molar-refractivity contribution in [3.63, 3.8) is 0 Å². The number of hydrogen-bond donors (Lipinski definition) is 0. The lowest BCUT2D eigenvalue weighted by molar-refractivity contribution is 0.0522. The van der Waals surface area contributed by atoms with Crippen molar-refractivity contribution in [3.8, 4) is 0 Å². The maximum Gasteiger partial charge on any atom is 0.340 e. The Morgan fingerprint density at radius 3 is 2.56 bits per heavy atom. The molecule has 0 aromatic heterocycles. The van der Waals surface area contributed by atoms with Crippen LogP contribution in [0, 0.1) is 6.92 Å². The fourth-order valence-electron chi connectivity index (χ4n) is 1.94. The van der Waals surface area contributed by atoms with Crippen LogP contribution < -0.4 is 0 Å². The molecular formula is C15H12O2S. The highest BCUT2D eigenvalue weighted by Crippen LogP contribution is 2.42. The highest BCUT2D eigenvalue weighted by atomic mass is 32.2. The van der Waals surface area contributed by atoms with E-state index in [9.17, 15) is 4.79 Å². The van der Waals surface area contributed by atoms with Crippen LogP contribution in [0.5, 0.6) is 0 Å². The Hall–Kier alpha value is -1.74. The van der Waals surface area contributed by atoms with E-state index in [0.717, 1.165) is 10.5 Å². The predicted octanol–water partition coefficient (Wildman–Crippen LogP) is 3.96. The second-order valence-electron chi connectivity index (χ2n) is 4.26. The number of ether oxygens (including phenoxy) is 1. The van der Waals surface area contributed by atoms with Gasteiger partial charge in [0.2, 0.25) is 0 Å². The molecule has 90 valence electrons. The molecule has 1 unspecified atom stereocenters. The van der Waals surface area contributed by atoms with Crippen LogP contribution in [0.25, 0.3) is 0 Å². The van der Waals surface area contributed by atoms with E-state index < -0.39 is 0 Å². The number of aryl methyl sites for hydroxylation is 1. The fourth-order valence-corrected chi connectivity index (χ4v) is 2.95. The molecule has 0 saturated carbocycles. The highest BCUT2D eigenvalue weighted by Gasteiger charge is 2.31. The van der Waals surface area contributed by atoms with Gasteiger partial charge in [-0.1, -0.05) is 47.7 Å². The summed E-state index contributed by atoms with van der Waals surface area (Å²) in [6, 6.07) is 15.8. The number of carbonyl (C=O) groups excluding carboxylic acids is 1. The normalized spacial score (nSPS) is 17.4. The zero-order chi connectivity index (χ0) is 12.5. The van der Waals surface area contributed by atoms with Crippen molar-refractivity contribution in [1.82, 2.24) is 0 Å². The van der Waals surface area contributed by atoms with E-state index in [4.69, 9.17) is 4.74 Å². The Labute approximate surface area is 110 Å². The van der Waals surface area contributed by atoms with Gasteiger partial charge < -0.3 is 4.74 Å². The molecule has 1 aliphatic rings. The molecule has 0 spiro atoms. The lowest BCUT2D eigenvalue weighted by atomic mass is 10.1. The number of rotatable bonds is 2. The molecule has 2 nitrogen and oxygen atoms in total. The van der Waals surface area contributed by atoms with Gasteiger partial charge in [-0.3, -0.25) is 0 Å². The summed E-state index contributed by atoms with van der Waals surface area (Å²) in [6.45, 7) is 2.05. The van der Waals surface area contributed by atoms with Crippen LogP contribution in [-0.2, 0) is 4.74 Å². The molecule has 0 N–H and O–H groups in total. The Balaban J connectivity index is 1.87. The van der Waals surface area contributed by atoms with Crippen LogP contribution in [0.1, 0.15) is 26.9 Å². The molecule has 0 bridgehead atoms. The third-order valence-electron chi connectivity index (χ3n) is 2.91. The first-order chi connectivity index (χ1) is 8.74. The molecule has 3 heteroatoms. The number of benzene rings is 2. The molecule has 0 radical (unpaired) electrons. The maximum absolute atomic E-state index is 11.7. The highest BCUT2D eigenvalue weighted by molar-refractivity contribution is 7.99. The van der Waals surface area contributed by atoms with Gasteiger partial charge >= 0.3 is 5.97 Å². The van der Waals surface area contributed by atoms with E-state index in [1.807, 2.05) is 24.3 Å². The van der Waals surface area contributed by atoms with Crippen molar-refractivity contribution >= 4 is 17.7 Å². The smallest absolute Gasteiger partial charge is 0.340 e. The third-order valence-corrected chi connectivity index (χ3v) is 4.02. The lowest BCUT2D eigenvalue weighted by Crippen LogP contribution is -1.94. The number of hydrogen-bond acceptors (Lipinski definition) is 3. The molecule has 1 heterocycles. The summed E-state index contributed by atoms with van der Waals surface area (Å²) >= 11 is 1.56. The fraction of sp³-hybridized carbons (Fsp3) is 0.133. The summed E-state index contributed by atoms with van der Waals surface area (Å²) in [5, 5.41) is 0. The van der Waals surface area contributed by atoms with Crippen LogP contribution in [0.3, 0.4) is 0 Å². The molecule has 0 fully saturated rings. The third kappa shape index (κ3) is 2.02. The number of thioether (sulfide) groups is 1. The van der Waals surface area contributed by atoms with Gasteiger partial charge in [0, 0.05) is 10.5 Å². The van der Waals surface area contributed by atoms with Crippen molar-refractivity contribution in [2.75, 3.05) is 0 Å². The van der Waals surface area contributed by atoms with Gasteiger partial charge in [0.1, 0.15) is 0 Å². The van der Waals surface area contributed by atoms with Crippen molar-refractivity contribution < 1.29 is 9.53 Å². The Bertz CT molecular complexity index is 590. The molecule has 18 heavy (non-hydrogen) atoms. The first-order valence-electron chi connectivity index (χ1n) is 5.77. The average Bonchev–Trinajstić information content (AvgIpc) is 2.70. The largest absolute Gasteiger partial charge is 0.442 e. The van der Waals surface area contributed by atoms with Crippen LogP contribution in [0.2, 0.25) is 0 Å². The molecule has 2 aromatic carbocycles. The van der Waals surface area contributed by atoms with Gasteiger partial charge in [0.15, 0.2) is 5.44 Å². The SMILES string of the molecule is Cc1ccc(SC2OC(=O)c3ccccc32)cc1. The summed E-state index contributed by atoms with van der Waals surface area (Å²) < 4.78 is 5.39. The van der Waals surface area contributed by atoms with Crippen molar-refractivity contribution in [3.05, 3.63) is 65.2 Å². The molecule has 3 rings (SSSR count). The molecule has 0 amide bonds. The van der Waals surface area contributed by atoms with E-state index in [1.54, 1.807) is 11.8 Å². The monoisotopic (exact) mass is 256 g/mol. The van der Waals surface area contributed by atoms with Crippen molar-refractivity contribution in [1.29, 1.82) is 0 Å². The molecule has 1 atom stereocenters. The summed E-state index contributed by atoms with van der Waals surface area (Å²) in [4.78, 5) is 12.8. The summed E-state index contributed by atoms with van der Waals surface area (Å²) in [5.41, 5.74) is 2.65. The Morgan fingerprint density at radius 2 is 1.78 bits per heavy atom. The van der Waals surface area contributed by atoms with Gasteiger partial charge in [0.25, 0.3) is 0 Å². The summed E-state index contributed by atoms with van der Waals surface area (Å²) in [5.74, 6) is -0.227. The van der Waals surface area contributed by atoms with Crippen LogP contribution in [0.15, 0.2) is 53.4 Å². The van der Waals surface area contributed by atoms with E-state index in [1.165, 1.54) is 5.56 Å². The zero-order valence-electron chi connectivity index (χ0n) is 9.92. The zero-order valence-corrected chi connectivity index (χ0v) is 10.7. The minimum absolute atomic E-state index is 0.226. The standard InChI is InChI=1S/C15H12O2S/c1-10-6-8-11(9-7-10)18-15-13-5-3-2-4-12(13)14(16)17-15/h2-9,15H,1H3. The first kappa shape index (κ1) is 11.4. The van der Waals surface area contributed by atoms with E-state index in [0.29, 0.717) is 5.56 Å². The van der Waals surface area contributed by atoms with E-state index in [2.05, 4.69) is 31.2 Å². The quantitative estimate of drug-likeness (QED) is 0.761. The lowest BCUT2D eigenvalue weighted by Gasteiger charge is -2.10. The average molecular weight is 256 g/mol.